The van der Waals surface area contributed by atoms with Gasteiger partial charge in [-0.15, -0.1) is 0 Å². The second-order valence-corrected chi connectivity index (χ2v) is 3.48. The van der Waals surface area contributed by atoms with Gasteiger partial charge in [0.1, 0.15) is 0 Å². The maximum absolute atomic E-state index is 9.90. The lowest BCUT2D eigenvalue weighted by molar-refractivity contribution is 0.140. The summed E-state index contributed by atoms with van der Waals surface area (Å²) in [7, 11) is 1.55. The van der Waals surface area contributed by atoms with Gasteiger partial charge in [0, 0.05) is 12.0 Å². The molecule has 0 aliphatic carbocycles. The third-order valence-electron chi connectivity index (χ3n) is 2.54. The van der Waals surface area contributed by atoms with Gasteiger partial charge in [-0.3, -0.25) is 0 Å². The zero-order chi connectivity index (χ0) is 11.4. The highest BCUT2D eigenvalue weighted by molar-refractivity contribution is 5.54. The Morgan fingerprint density at radius 1 is 1.40 bits per heavy atom. The van der Waals surface area contributed by atoms with Crippen LogP contribution in [0.15, 0.2) is 6.07 Å². The Labute approximate surface area is 89.6 Å². The third-order valence-corrected chi connectivity index (χ3v) is 2.54. The monoisotopic (exact) mass is 211 g/mol. The molecule has 0 amide bonds. The van der Waals surface area contributed by atoms with Crippen molar-refractivity contribution >= 4 is 0 Å². The lowest BCUT2D eigenvalue weighted by Gasteiger charge is -2.13. The Bertz CT molecular complexity index is 350. The van der Waals surface area contributed by atoms with E-state index in [2.05, 4.69) is 4.84 Å². The fourth-order valence-corrected chi connectivity index (χ4v) is 1.55. The summed E-state index contributed by atoms with van der Waals surface area (Å²) in [6.45, 7) is 4.26. The maximum atomic E-state index is 9.90. The minimum Gasteiger partial charge on any atom is -0.504 e. The van der Waals surface area contributed by atoms with Crippen LogP contribution in [-0.4, -0.2) is 18.8 Å². The summed E-state index contributed by atoms with van der Waals surface area (Å²) in [4.78, 5) is 4.49. The second-order valence-electron chi connectivity index (χ2n) is 3.48. The molecule has 0 saturated heterocycles. The molecule has 0 unspecified atom stereocenters. The van der Waals surface area contributed by atoms with Crippen LogP contribution >= 0.6 is 0 Å². The molecule has 0 radical (unpaired) electrons. The fourth-order valence-electron chi connectivity index (χ4n) is 1.55. The molecule has 0 bridgehead atoms. The summed E-state index contributed by atoms with van der Waals surface area (Å²) >= 11 is 0. The van der Waals surface area contributed by atoms with Crippen molar-refractivity contribution in [3.63, 3.8) is 0 Å². The molecule has 0 heterocycles. The minimum absolute atomic E-state index is 0.178. The molecule has 0 saturated carbocycles. The highest BCUT2D eigenvalue weighted by Gasteiger charge is 2.13. The van der Waals surface area contributed by atoms with Crippen molar-refractivity contribution in [1.82, 2.24) is 0 Å². The van der Waals surface area contributed by atoms with E-state index in [0.717, 1.165) is 16.7 Å². The van der Waals surface area contributed by atoms with Gasteiger partial charge in [-0.25, -0.2) is 5.90 Å². The van der Waals surface area contributed by atoms with Crippen LogP contribution in [0.1, 0.15) is 16.7 Å². The molecular weight excluding hydrogens is 194 g/mol. The number of rotatable bonds is 4. The smallest absolute Gasteiger partial charge is 0.163 e. The van der Waals surface area contributed by atoms with Crippen LogP contribution in [0, 0.1) is 13.8 Å². The highest BCUT2D eigenvalue weighted by atomic mass is 16.6. The second kappa shape index (κ2) is 5.00. The predicted molar refractivity (Wildman–Crippen MR) is 58.0 cm³/mol. The van der Waals surface area contributed by atoms with Crippen molar-refractivity contribution in [2.24, 2.45) is 5.90 Å². The molecule has 0 aromatic heterocycles. The SMILES string of the molecule is COc1c(C)c(C)cc(CCON)c1O. The summed E-state index contributed by atoms with van der Waals surface area (Å²) in [6, 6.07) is 1.92. The van der Waals surface area contributed by atoms with Crippen LogP contribution in [-0.2, 0) is 11.3 Å². The van der Waals surface area contributed by atoms with Crippen molar-refractivity contribution in [2.45, 2.75) is 20.3 Å². The van der Waals surface area contributed by atoms with Gasteiger partial charge in [0.15, 0.2) is 11.5 Å². The summed E-state index contributed by atoms with van der Waals surface area (Å²) in [6.07, 6.45) is 0.569. The number of phenolic OH excluding ortho intramolecular Hbond substituents is 1. The molecule has 1 rings (SSSR count). The van der Waals surface area contributed by atoms with Gasteiger partial charge < -0.3 is 14.7 Å². The van der Waals surface area contributed by atoms with E-state index in [1.54, 1.807) is 7.11 Å². The summed E-state index contributed by atoms with van der Waals surface area (Å²) in [5.74, 6) is 5.66. The first kappa shape index (κ1) is 11.8. The first-order valence-electron chi connectivity index (χ1n) is 4.79. The third kappa shape index (κ3) is 2.40. The van der Waals surface area contributed by atoms with Crippen molar-refractivity contribution in [1.29, 1.82) is 0 Å². The summed E-state index contributed by atoms with van der Waals surface area (Å²) in [5.41, 5.74) is 2.82. The van der Waals surface area contributed by atoms with Crippen LogP contribution < -0.4 is 10.6 Å². The Morgan fingerprint density at radius 2 is 2.07 bits per heavy atom. The van der Waals surface area contributed by atoms with Gasteiger partial charge in [-0.2, -0.15) is 0 Å². The molecular formula is C11H17NO3. The van der Waals surface area contributed by atoms with Crippen LogP contribution in [0.5, 0.6) is 11.5 Å². The molecule has 0 atom stereocenters. The summed E-state index contributed by atoms with van der Waals surface area (Å²) in [5, 5.41) is 9.90. The van der Waals surface area contributed by atoms with E-state index in [-0.39, 0.29) is 5.75 Å². The predicted octanol–water partition coefficient (Wildman–Crippen LogP) is 1.45. The van der Waals surface area contributed by atoms with Crippen molar-refractivity contribution in [3.8, 4) is 11.5 Å². The molecule has 0 fully saturated rings. The van der Waals surface area contributed by atoms with Gasteiger partial charge in [0.25, 0.3) is 0 Å². The molecule has 84 valence electrons. The van der Waals surface area contributed by atoms with Crippen molar-refractivity contribution < 1.29 is 14.7 Å². The molecule has 1 aromatic rings. The standard InChI is InChI=1S/C11H17NO3/c1-7-6-9(4-5-15-12)10(13)11(14-3)8(7)2/h6,13H,4-5,12H2,1-3H3. The number of hydrogen-bond acceptors (Lipinski definition) is 4. The Balaban J connectivity index is 3.12. The maximum Gasteiger partial charge on any atom is 0.163 e. The zero-order valence-electron chi connectivity index (χ0n) is 9.33. The molecule has 0 aliphatic rings. The fraction of sp³-hybridized carbons (Fsp3) is 0.455. The molecule has 3 N–H and O–H groups in total. The largest absolute Gasteiger partial charge is 0.504 e. The molecule has 4 nitrogen and oxygen atoms in total. The number of methoxy groups -OCH3 is 1. The number of hydrogen-bond donors (Lipinski definition) is 2. The normalized spacial score (nSPS) is 10.4. The quantitative estimate of drug-likeness (QED) is 0.740. The first-order chi connectivity index (χ1) is 7.11. The molecule has 15 heavy (non-hydrogen) atoms. The van der Waals surface area contributed by atoms with E-state index < -0.39 is 0 Å². The average Bonchev–Trinajstić information content (AvgIpc) is 2.22. The van der Waals surface area contributed by atoms with E-state index in [0.29, 0.717) is 18.8 Å². The van der Waals surface area contributed by atoms with Crippen LogP contribution in [0.25, 0.3) is 0 Å². The molecule has 0 spiro atoms. The van der Waals surface area contributed by atoms with Gasteiger partial charge in [-0.05, 0) is 25.0 Å². The van der Waals surface area contributed by atoms with E-state index in [1.165, 1.54) is 0 Å². The van der Waals surface area contributed by atoms with Gasteiger partial charge in [0.05, 0.1) is 13.7 Å². The molecule has 4 heteroatoms. The number of benzene rings is 1. The van der Waals surface area contributed by atoms with E-state index >= 15 is 0 Å². The Kier molecular flexibility index (Phi) is 3.94. The van der Waals surface area contributed by atoms with Crippen LogP contribution in [0.2, 0.25) is 0 Å². The highest BCUT2D eigenvalue weighted by Crippen LogP contribution is 2.35. The summed E-state index contributed by atoms with van der Waals surface area (Å²) < 4.78 is 5.16. The number of aromatic hydroxyl groups is 1. The van der Waals surface area contributed by atoms with E-state index in [9.17, 15) is 5.11 Å². The lowest BCUT2D eigenvalue weighted by Crippen LogP contribution is -2.05. The van der Waals surface area contributed by atoms with Gasteiger partial charge in [0.2, 0.25) is 0 Å². The molecule has 1 aromatic carbocycles. The zero-order valence-corrected chi connectivity index (χ0v) is 9.33. The number of ether oxygens (including phenoxy) is 1. The topological polar surface area (TPSA) is 64.7 Å². The Morgan fingerprint density at radius 3 is 2.60 bits per heavy atom. The molecule has 0 aliphatic heterocycles. The number of phenols is 1. The number of nitrogens with two attached hydrogens (primary N) is 1. The van der Waals surface area contributed by atoms with Crippen molar-refractivity contribution in [2.75, 3.05) is 13.7 Å². The average molecular weight is 211 g/mol. The lowest BCUT2D eigenvalue weighted by atomic mass is 10.0. The number of aryl methyl sites for hydroxylation is 1. The van der Waals surface area contributed by atoms with Gasteiger partial charge in [-0.1, -0.05) is 6.07 Å². The van der Waals surface area contributed by atoms with Crippen molar-refractivity contribution in [3.05, 3.63) is 22.8 Å². The minimum atomic E-state index is 0.178. The van der Waals surface area contributed by atoms with E-state index in [4.69, 9.17) is 10.6 Å². The first-order valence-corrected chi connectivity index (χ1v) is 4.79. The van der Waals surface area contributed by atoms with Crippen LogP contribution in [0.3, 0.4) is 0 Å². The Hall–Kier alpha value is -1.26. The van der Waals surface area contributed by atoms with Gasteiger partial charge >= 0.3 is 0 Å². The van der Waals surface area contributed by atoms with Crippen LogP contribution in [0.4, 0.5) is 0 Å². The van der Waals surface area contributed by atoms with E-state index in [1.807, 2.05) is 19.9 Å².